The molecule has 3 rings (SSSR count). The number of ether oxygens (including phenoxy) is 1. The van der Waals surface area contributed by atoms with Crippen molar-refractivity contribution in [3.63, 3.8) is 0 Å². The van der Waals surface area contributed by atoms with Gasteiger partial charge in [-0.15, -0.1) is 11.8 Å². The second-order valence-electron chi connectivity index (χ2n) is 7.80. The summed E-state index contributed by atoms with van der Waals surface area (Å²) in [6.07, 6.45) is 2.64. The van der Waals surface area contributed by atoms with Crippen molar-refractivity contribution in [2.45, 2.75) is 56.3 Å². The van der Waals surface area contributed by atoms with Crippen LogP contribution in [0.3, 0.4) is 0 Å². The molecule has 3 aromatic rings. The number of hydrogen-bond donors (Lipinski definition) is 0. The van der Waals surface area contributed by atoms with E-state index in [1.165, 1.54) is 23.3 Å². The van der Waals surface area contributed by atoms with E-state index in [-0.39, 0.29) is 5.97 Å². The molecule has 0 unspecified atom stereocenters. The summed E-state index contributed by atoms with van der Waals surface area (Å²) < 4.78 is 10.5. The van der Waals surface area contributed by atoms with Gasteiger partial charge in [-0.3, -0.25) is 4.79 Å². The molecule has 0 aliphatic heterocycles. The lowest BCUT2D eigenvalue weighted by Gasteiger charge is -2.30. The van der Waals surface area contributed by atoms with Crippen LogP contribution in [-0.4, -0.2) is 20.7 Å². The molecular weight excluding hydrogens is 410 g/mol. The normalized spacial score (nSPS) is 12.4. The van der Waals surface area contributed by atoms with Gasteiger partial charge in [0.05, 0.1) is 4.70 Å². The van der Waals surface area contributed by atoms with Gasteiger partial charge >= 0.3 is 5.97 Å². The molecule has 3 nitrogen and oxygen atoms in total. The first kappa shape index (κ1) is 21.2. The molecule has 0 atom stereocenters. The second kappa shape index (κ2) is 8.05. The number of hydrogen-bond acceptors (Lipinski definition) is 5. The summed E-state index contributed by atoms with van der Waals surface area (Å²) in [7, 11) is 0. The molecule has 2 aromatic carbocycles. The Kier molecular flexibility index (Phi) is 6.08. The van der Waals surface area contributed by atoms with Crippen LogP contribution in [0.15, 0.2) is 47.5 Å². The molecule has 0 radical (unpaired) electrons. The van der Waals surface area contributed by atoms with Gasteiger partial charge in [0.25, 0.3) is 0 Å². The largest absolute Gasteiger partial charge is 0.459 e. The summed E-state index contributed by atoms with van der Waals surface area (Å²) in [5, 5.41) is 1.78. The molecule has 1 aromatic heterocycles. The van der Waals surface area contributed by atoms with Crippen molar-refractivity contribution >= 4 is 51.0 Å². The van der Waals surface area contributed by atoms with E-state index in [1.807, 2.05) is 65.1 Å². The fourth-order valence-corrected chi connectivity index (χ4v) is 4.79. The zero-order valence-corrected chi connectivity index (χ0v) is 19.1. The van der Waals surface area contributed by atoms with E-state index in [2.05, 4.69) is 16.5 Å². The van der Waals surface area contributed by atoms with Crippen molar-refractivity contribution in [3.05, 3.63) is 47.6 Å². The first-order chi connectivity index (χ1) is 13.1. The van der Waals surface area contributed by atoms with Gasteiger partial charge in [-0.2, -0.15) is 4.37 Å². The number of aromatic nitrogens is 1. The SMILES string of the molecule is CCC(C)(C)OC(=O)C(C)(C)Sc1ccc2cnsc2c1-c1ccc(Cl)cc1. The van der Waals surface area contributed by atoms with Crippen LogP contribution in [0.5, 0.6) is 0 Å². The number of esters is 1. The van der Waals surface area contributed by atoms with Gasteiger partial charge in [-0.25, -0.2) is 0 Å². The van der Waals surface area contributed by atoms with Crippen LogP contribution in [0.1, 0.15) is 41.0 Å². The lowest BCUT2D eigenvalue weighted by atomic mass is 10.0. The number of nitrogens with zero attached hydrogens (tertiary/aromatic N) is 1. The number of halogens is 1. The number of thioether (sulfide) groups is 1. The Morgan fingerprint density at radius 2 is 1.82 bits per heavy atom. The van der Waals surface area contributed by atoms with Crippen molar-refractivity contribution in [1.82, 2.24) is 4.37 Å². The zero-order valence-electron chi connectivity index (χ0n) is 16.7. The van der Waals surface area contributed by atoms with E-state index in [0.717, 1.165) is 32.5 Å². The molecule has 0 saturated heterocycles. The predicted octanol–water partition coefficient (Wildman–Crippen LogP) is 7.22. The molecule has 0 aliphatic carbocycles. The average molecular weight is 434 g/mol. The van der Waals surface area contributed by atoms with E-state index in [9.17, 15) is 4.79 Å². The number of benzene rings is 2. The Bertz CT molecular complexity index is 993. The standard InChI is InChI=1S/C22H24ClNO2S2/c1-6-21(2,3)26-20(25)22(4,5)27-17-12-9-15-13-24-28-19(15)18(17)14-7-10-16(23)11-8-14/h7-13H,6H2,1-5H3. The highest BCUT2D eigenvalue weighted by Crippen LogP contribution is 2.44. The summed E-state index contributed by atoms with van der Waals surface area (Å²) in [6, 6.07) is 11.9. The third-order valence-electron chi connectivity index (χ3n) is 4.70. The lowest BCUT2D eigenvalue weighted by Crippen LogP contribution is -2.37. The lowest BCUT2D eigenvalue weighted by molar-refractivity contribution is -0.158. The number of fused-ring (bicyclic) bond motifs is 1. The molecule has 0 bridgehead atoms. The van der Waals surface area contributed by atoms with Crippen molar-refractivity contribution < 1.29 is 9.53 Å². The van der Waals surface area contributed by atoms with E-state index in [4.69, 9.17) is 16.3 Å². The van der Waals surface area contributed by atoms with E-state index < -0.39 is 10.3 Å². The maximum Gasteiger partial charge on any atom is 0.322 e. The van der Waals surface area contributed by atoms with Crippen LogP contribution in [-0.2, 0) is 9.53 Å². The van der Waals surface area contributed by atoms with Gasteiger partial charge in [-0.1, -0.05) is 36.7 Å². The molecular formula is C22H24ClNO2S2. The highest BCUT2D eigenvalue weighted by Gasteiger charge is 2.35. The molecule has 0 N–H and O–H groups in total. The summed E-state index contributed by atoms with van der Waals surface area (Å²) in [4.78, 5) is 13.9. The Morgan fingerprint density at radius 1 is 1.14 bits per heavy atom. The molecule has 0 fully saturated rings. The quantitative estimate of drug-likeness (QED) is 0.304. The van der Waals surface area contributed by atoms with Gasteiger partial charge in [0.2, 0.25) is 0 Å². The van der Waals surface area contributed by atoms with Crippen LogP contribution >= 0.6 is 34.9 Å². The Labute approximate surface area is 179 Å². The first-order valence-electron chi connectivity index (χ1n) is 9.19. The maximum atomic E-state index is 12.9. The third-order valence-corrected chi connectivity index (χ3v) is 7.02. The second-order valence-corrected chi connectivity index (χ2v) is 10.7. The van der Waals surface area contributed by atoms with Crippen molar-refractivity contribution in [2.24, 2.45) is 0 Å². The Morgan fingerprint density at radius 3 is 2.46 bits per heavy atom. The van der Waals surface area contributed by atoms with Crippen LogP contribution in [0.2, 0.25) is 5.02 Å². The molecule has 148 valence electrons. The molecule has 0 saturated carbocycles. The van der Waals surface area contributed by atoms with Gasteiger partial charge < -0.3 is 4.74 Å². The summed E-state index contributed by atoms with van der Waals surface area (Å²) in [6.45, 7) is 9.72. The maximum absolute atomic E-state index is 12.9. The minimum atomic E-state index is -0.730. The molecule has 0 spiro atoms. The topological polar surface area (TPSA) is 39.2 Å². The van der Waals surface area contributed by atoms with Crippen LogP contribution < -0.4 is 0 Å². The fourth-order valence-electron chi connectivity index (χ4n) is 2.65. The van der Waals surface area contributed by atoms with Crippen LogP contribution in [0, 0.1) is 0 Å². The molecule has 0 amide bonds. The van der Waals surface area contributed by atoms with Crippen LogP contribution in [0.4, 0.5) is 0 Å². The van der Waals surface area contributed by atoms with Gasteiger partial charge in [0, 0.05) is 27.1 Å². The molecule has 0 aliphatic rings. The molecule has 6 heteroatoms. The smallest absolute Gasteiger partial charge is 0.322 e. The number of rotatable bonds is 6. The zero-order chi connectivity index (χ0) is 20.5. The number of carbonyl (C=O) groups excluding carboxylic acids is 1. The predicted molar refractivity (Wildman–Crippen MR) is 120 cm³/mol. The van der Waals surface area contributed by atoms with E-state index in [0.29, 0.717) is 5.02 Å². The average Bonchev–Trinajstić information content (AvgIpc) is 3.10. The minimum absolute atomic E-state index is 0.212. The van der Waals surface area contributed by atoms with Crippen molar-refractivity contribution in [2.75, 3.05) is 0 Å². The van der Waals surface area contributed by atoms with Gasteiger partial charge in [-0.05, 0) is 69.4 Å². The summed E-state index contributed by atoms with van der Waals surface area (Å²) >= 11 is 9.07. The first-order valence-corrected chi connectivity index (χ1v) is 11.2. The Balaban J connectivity index is 2.02. The van der Waals surface area contributed by atoms with E-state index in [1.54, 1.807) is 0 Å². The highest BCUT2D eigenvalue weighted by atomic mass is 35.5. The van der Waals surface area contributed by atoms with Gasteiger partial charge in [0.1, 0.15) is 10.3 Å². The highest BCUT2D eigenvalue weighted by molar-refractivity contribution is 8.01. The van der Waals surface area contributed by atoms with Crippen molar-refractivity contribution in [3.8, 4) is 11.1 Å². The molecule has 28 heavy (non-hydrogen) atoms. The van der Waals surface area contributed by atoms with Crippen molar-refractivity contribution in [1.29, 1.82) is 0 Å². The fraction of sp³-hybridized carbons (Fsp3) is 0.364. The summed E-state index contributed by atoms with van der Waals surface area (Å²) in [5.41, 5.74) is 1.66. The minimum Gasteiger partial charge on any atom is -0.459 e. The molecule has 1 heterocycles. The van der Waals surface area contributed by atoms with Gasteiger partial charge in [0.15, 0.2) is 0 Å². The number of carbonyl (C=O) groups is 1. The third kappa shape index (κ3) is 4.53. The monoisotopic (exact) mass is 433 g/mol. The Hall–Kier alpha value is -1.56. The summed E-state index contributed by atoms with van der Waals surface area (Å²) in [5.74, 6) is -0.212. The van der Waals surface area contributed by atoms with Crippen LogP contribution in [0.25, 0.3) is 21.2 Å². The van der Waals surface area contributed by atoms with E-state index >= 15 is 0 Å².